The quantitative estimate of drug-likeness (QED) is 0.715. The third-order valence-corrected chi connectivity index (χ3v) is 3.69. The maximum absolute atomic E-state index is 5.83. The van der Waals surface area contributed by atoms with Gasteiger partial charge in [-0.3, -0.25) is 4.90 Å². The molecule has 0 N–H and O–H groups in total. The van der Waals surface area contributed by atoms with E-state index in [1.807, 2.05) is 0 Å². The number of rotatable bonds is 7. The molecular weight excluding hydrogens is 250 g/mol. The van der Waals surface area contributed by atoms with E-state index in [4.69, 9.17) is 9.47 Å². The Morgan fingerprint density at radius 3 is 2.40 bits per heavy atom. The van der Waals surface area contributed by atoms with Crippen LogP contribution in [0.2, 0.25) is 0 Å². The van der Waals surface area contributed by atoms with Gasteiger partial charge < -0.3 is 9.47 Å². The Hall–Kier alpha value is -1.06. The van der Waals surface area contributed by atoms with Crippen LogP contribution in [0.25, 0.3) is 0 Å². The average Bonchev–Trinajstić information content (AvgIpc) is 2.43. The highest BCUT2D eigenvalue weighted by molar-refractivity contribution is 5.32. The summed E-state index contributed by atoms with van der Waals surface area (Å²) in [5.41, 5.74) is 2.54. The lowest BCUT2D eigenvalue weighted by Gasteiger charge is -2.26. The van der Waals surface area contributed by atoms with Crippen molar-refractivity contribution in [2.24, 2.45) is 0 Å². The molecule has 20 heavy (non-hydrogen) atoms. The van der Waals surface area contributed by atoms with E-state index >= 15 is 0 Å². The van der Waals surface area contributed by atoms with Crippen molar-refractivity contribution in [3.8, 4) is 5.75 Å². The van der Waals surface area contributed by atoms with Crippen LogP contribution in [0, 0.1) is 13.8 Å². The molecule has 112 valence electrons. The molecule has 1 saturated heterocycles. The fourth-order valence-corrected chi connectivity index (χ4v) is 2.65. The van der Waals surface area contributed by atoms with Crippen molar-refractivity contribution in [1.82, 2.24) is 4.90 Å². The first kappa shape index (κ1) is 15.3. The predicted molar refractivity (Wildman–Crippen MR) is 82.5 cm³/mol. The number of ether oxygens (including phenoxy) is 2. The topological polar surface area (TPSA) is 21.7 Å². The van der Waals surface area contributed by atoms with Crippen molar-refractivity contribution < 1.29 is 9.47 Å². The molecule has 3 heteroatoms. The zero-order valence-corrected chi connectivity index (χ0v) is 12.9. The predicted octanol–water partition coefficient (Wildman–Crippen LogP) is 3.18. The minimum atomic E-state index is 0.825. The summed E-state index contributed by atoms with van der Waals surface area (Å²) in [4.78, 5) is 2.49. The van der Waals surface area contributed by atoms with Gasteiger partial charge in [-0.2, -0.15) is 0 Å². The van der Waals surface area contributed by atoms with Crippen LogP contribution in [0.3, 0.4) is 0 Å². The highest BCUT2D eigenvalue weighted by Crippen LogP contribution is 2.16. The summed E-state index contributed by atoms with van der Waals surface area (Å²) in [6.07, 6.45) is 3.63. The highest BCUT2D eigenvalue weighted by atomic mass is 16.5. The maximum Gasteiger partial charge on any atom is 0.119 e. The van der Waals surface area contributed by atoms with Gasteiger partial charge in [0.2, 0.25) is 0 Å². The second-order valence-electron chi connectivity index (χ2n) is 5.69. The van der Waals surface area contributed by atoms with Gasteiger partial charge in [-0.15, -0.1) is 0 Å². The normalized spacial score (nSPS) is 16.3. The minimum absolute atomic E-state index is 0.825. The first-order valence-electron chi connectivity index (χ1n) is 7.75. The van der Waals surface area contributed by atoms with Crippen molar-refractivity contribution in [2.75, 3.05) is 39.5 Å². The Morgan fingerprint density at radius 1 is 1.00 bits per heavy atom. The Kier molecular flexibility index (Phi) is 6.34. The molecule has 1 aliphatic rings. The summed E-state index contributed by atoms with van der Waals surface area (Å²) < 4.78 is 11.2. The Morgan fingerprint density at radius 2 is 1.70 bits per heavy atom. The summed E-state index contributed by atoms with van der Waals surface area (Å²) in [5, 5.41) is 0. The zero-order valence-electron chi connectivity index (χ0n) is 12.9. The Bertz CT molecular complexity index is 380. The van der Waals surface area contributed by atoms with E-state index in [-0.39, 0.29) is 0 Å². The van der Waals surface area contributed by atoms with Crippen LogP contribution >= 0.6 is 0 Å². The molecule has 1 heterocycles. The number of unbranched alkanes of at least 4 members (excludes halogenated alkanes) is 2. The minimum Gasteiger partial charge on any atom is -0.494 e. The van der Waals surface area contributed by atoms with Gasteiger partial charge in [0.15, 0.2) is 0 Å². The number of aryl methyl sites for hydroxylation is 2. The molecule has 3 nitrogen and oxygen atoms in total. The summed E-state index contributed by atoms with van der Waals surface area (Å²) in [6.45, 7) is 10.2. The van der Waals surface area contributed by atoms with E-state index in [1.165, 1.54) is 30.5 Å². The lowest BCUT2D eigenvalue weighted by Crippen LogP contribution is -2.36. The monoisotopic (exact) mass is 277 g/mol. The van der Waals surface area contributed by atoms with Gasteiger partial charge >= 0.3 is 0 Å². The van der Waals surface area contributed by atoms with Crippen molar-refractivity contribution >= 4 is 0 Å². The Labute approximate surface area is 122 Å². The first-order valence-corrected chi connectivity index (χ1v) is 7.75. The van der Waals surface area contributed by atoms with Crippen LogP contribution in [-0.4, -0.2) is 44.4 Å². The fraction of sp³-hybridized carbons (Fsp3) is 0.647. The van der Waals surface area contributed by atoms with E-state index in [2.05, 4.69) is 36.9 Å². The van der Waals surface area contributed by atoms with Crippen LogP contribution in [0.15, 0.2) is 18.2 Å². The second-order valence-corrected chi connectivity index (χ2v) is 5.69. The van der Waals surface area contributed by atoms with Gasteiger partial charge in [0.25, 0.3) is 0 Å². The van der Waals surface area contributed by atoms with Crippen molar-refractivity contribution in [3.63, 3.8) is 0 Å². The van der Waals surface area contributed by atoms with Crippen LogP contribution in [0.4, 0.5) is 0 Å². The molecule has 0 unspecified atom stereocenters. The largest absolute Gasteiger partial charge is 0.494 e. The molecule has 0 aliphatic carbocycles. The molecule has 1 aromatic carbocycles. The number of morpholine rings is 1. The molecule has 1 aromatic rings. The van der Waals surface area contributed by atoms with Gasteiger partial charge in [-0.1, -0.05) is 6.07 Å². The standard InChI is InChI=1S/C17H27NO2/c1-15-12-16(2)14-17(13-15)20-9-5-3-4-6-18-7-10-19-11-8-18/h12-14H,3-11H2,1-2H3. The average molecular weight is 277 g/mol. The van der Waals surface area contributed by atoms with Crippen molar-refractivity contribution in [1.29, 1.82) is 0 Å². The van der Waals surface area contributed by atoms with Gasteiger partial charge in [0.1, 0.15) is 5.75 Å². The SMILES string of the molecule is Cc1cc(C)cc(OCCCCCN2CCOCC2)c1. The molecule has 2 rings (SSSR count). The molecule has 0 bridgehead atoms. The van der Waals surface area contributed by atoms with Gasteiger partial charge in [0.05, 0.1) is 19.8 Å². The molecule has 0 spiro atoms. The molecule has 1 aliphatic heterocycles. The smallest absolute Gasteiger partial charge is 0.119 e. The summed E-state index contributed by atoms with van der Waals surface area (Å²) in [7, 11) is 0. The van der Waals surface area contributed by atoms with E-state index in [1.54, 1.807) is 0 Å². The fourth-order valence-electron chi connectivity index (χ4n) is 2.65. The lowest BCUT2D eigenvalue weighted by molar-refractivity contribution is 0.0370. The van der Waals surface area contributed by atoms with Crippen molar-refractivity contribution in [3.05, 3.63) is 29.3 Å². The molecule has 0 amide bonds. The van der Waals surface area contributed by atoms with Gasteiger partial charge in [-0.25, -0.2) is 0 Å². The van der Waals surface area contributed by atoms with E-state index in [9.17, 15) is 0 Å². The number of nitrogens with zero attached hydrogens (tertiary/aromatic N) is 1. The first-order chi connectivity index (χ1) is 9.74. The molecule has 0 radical (unpaired) electrons. The lowest BCUT2D eigenvalue weighted by atomic mass is 10.1. The number of hydrogen-bond donors (Lipinski definition) is 0. The third-order valence-electron chi connectivity index (χ3n) is 3.69. The third kappa shape index (κ3) is 5.51. The summed E-state index contributed by atoms with van der Waals surface area (Å²) in [5.74, 6) is 1.01. The van der Waals surface area contributed by atoms with Crippen molar-refractivity contribution in [2.45, 2.75) is 33.1 Å². The van der Waals surface area contributed by atoms with Crippen LogP contribution in [-0.2, 0) is 4.74 Å². The molecule has 0 saturated carbocycles. The zero-order chi connectivity index (χ0) is 14.2. The number of benzene rings is 1. The molecule has 1 fully saturated rings. The van der Waals surface area contributed by atoms with Gasteiger partial charge in [0, 0.05) is 13.1 Å². The van der Waals surface area contributed by atoms with E-state index in [0.29, 0.717) is 0 Å². The van der Waals surface area contributed by atoms with E-state index < -0.39 is 0 Å². The highest BCUT2D eigenvalue weighted by Gasteiger charge is 2.08. The summed E-state index contributed by atoms with van der Waals surface area (Å²) in [6, 6.07) is 6.40. The molecular formula is C17H27NO2. The van der Waals surface area contributed by atoms with Crippen LogP contribution in [0.1, 0.15) is 30.4 Å². The maximum atomic E-state index is 5.83. The molecule has 0 aromatic heterocycles. The summed E-state index contributed by atoms with van der Waals surface area (Å²) >= 11 is 0. The van der Waals surface area contributed by atoms with Crippen LogP contribution < -0.4 is 4.74 Å². The molecule has 0 atom stereocenters. The van der Waals surface area contributed by atoms with Gasteiger partial charge in [-0.05, 0) is 62.9 Å². The van der Waals surface area contributed by atoms with E-state index in [0.717, 1.165) is 45.1 Å². The van der Waals surface area contributed by atoms with Crippen LogP contribution in [0.5, 0.6) is 5.75 Å². The number of hydrogen-bond acceptors (Lipinski definition) is 3. The second kappa shape index (κ2) is 8.28. The Balaban J connectivity index is 1.54.